The third kappa shape index (κ3) is 3.83. The summed E-state index contributed by atoms with van der Waals surface area (Å²) in [7, 11) is -3.36. The number of rotatable bonds is 4. The summed E-state index contributed by atoms with van der Waals surface area (Å²) in [6, 6.07) is -0.0914. The van der Waals surface area contributed by atoms with Gasteiger partial charge in [-0.05, 0) is 32.6 Å². The van der Waals surface area contributed by atoms with Crippen molar-refractivity contribution in [3.8, 4) is 0 Å². The molecule has 2 heterocycles. The van der Waals surface area contributed by atoms with E-state index in [1.165, 1.54) is 4.31 Å². The van der Waals surface area contributed by atoms with Crippen LogP contribution in [0.1, 0.15) is 32.6 Å². The van der Waals surface area contributed by atoms with Crippen LogP contribution in [-0.4, -0.2) is 62.5 Å². The SMILES string of the molecule is CCOC(=O)N1CCC(NS(=O)(=O)N2CCCC2)CC1. The first-order valence-corrected chi connectivity index (χ1v) is 8.66. The molecule has 0 atom stereocenters. The third-order valence-electron chi connectivity index (χ3n) is 3.74. The quantitative estimate of drug-likeness (QED) is 0.822. The second-order valence-corrected chi connectivity index (χ2v) is 6.89. The van der Waals surface area contributed by atoms with Crippen LogP contribution < -0.4 is 4.72 Å². The molecule has 0 saturated carbocycles. The molecular weight excluding hydrogens is 282 g/mol. The molecule has 0 spiro atoms. The second kappa shape index (κ2) is 6.73. The van der Waals surface area contributed by atoms with Crippen molar-refractivity contribution in [3.05, 3.63) is 0 Å². The van der Waals surface area contributed by atoms with Crippen LogP contribution in [-0.2, 0) is 14.9 Å². The summed E-state index contributed by atoms with van der Waals surface area (Å²) in [5.74, 6) is 0. The van der Waals surface area contributed by atoms with E-state index in [-0.39, 0.29) is 12.1 Å². The van der Waals surface area contributed by atoms with Crippen molar-refractivity contribution < 1.29 is 17.9 Å². The van der Waals surface area contributed by atoms with Crippen LogP contribution in [0.5, 0.6) is 0 Å². The van der Waals surface area contributed by atoms with Crippen molar-refractivity contribution in [1.29, 1.82) is 0 Å². The van der Waals surface area contributed by atoms with Gasteiger partial charge in [0.05, 0.1) is 6.61 Å². The van der Waals surface area contributed by atoms with Crippen molar-refractivity contribution in [2.45, 2.75) is 38.6 Å². The maximum absolute atomic E-state index is 12.1. The molecule has 2 aliphatic heterocycles. The summed E-state index contributed by atoms with van der Waals surface area (Å²) in [5.41, 5.74) is 0. The average Bonchev–Trinajstić information content (AvgIpc) is 2.94. The van der Waals surface area contributed by atoms with E-state index >= 15 is 0 Å². The zero-order valence-corrected chi connectivity index (χ0v) is 12.7. The number of carbonyl (C=O) groups is 1. The minimum atomic E-state index is -3.36. The van der Waals surface area contributed by atoms with Gasteiger partial charge in [-0.1, -0.05) is 0 Å². The first kappa shape index (κ1) is 15.5. The van der Waals surface area contributed by atoms with E-state index in [9.17, 15) is 13.2 Å². The number of ether oxygens (including phenoxy) is 1. The van der Waals surface area contributed by atoms with Crippen LogP contribution >= 0.6 is 0 Å². The third-order valence-corrected chi connectivity index (χ3v) is 5.42. The van der Waals surface area contributed by atoms with Crippen molar-refractivity contribution in [3.63, 3.8) is 0 Å². The topological polar surface area (TPSA) is 79.0 Å². The lowest BCUT2D eigenvalue weighted by Crippen LogP contribution is -2.50. The highest BCUT2D eigenvalue weighted by Gasteiger charge is 2.30. The summed E-state index contributed by atoms with van der Waals surface area (Å²) in [5, 5.41) is 0. The van der Waals surface area contributed by atoms with Gasteiger partial charge in [-0.3, -0.25) is 0 Å². The van der Waals surface area contributed by atoms with Gasteiger partial charge in [0.1, 0.15) is 0 Å². The van der Waals surface area contributed by atoms with Gasteiger partial charge < -0.3 is 9.64 Å². The molecule has 2 aliphatic rings. The second-order valence-electron chi connectivity index (χ2n) is 5.19. The molecule has 8 heteroatoms. The lowest BCUT2D eigenvalue weighted by atomic mass is 10.1. The van der Waals surface area contributed by atoms with Gasteiger partial charge in [0.2, 0.25) is 0 Å². The highest BCUT2D eigenvalue weighted by atomic mass is 32.2. The number of hydrogen-bond acceptors (Lipinski definition) is 4. The number of likely N-dealkylation sites (tertiary alicyclic amines) is 1. The zero-order chi connectivity index (χ0) is 14.6. The van der Waals surface area contributed by atoms with E-state index in [0.29, 0.717) is 45.6 Å². The molecule has 20 heavy (non-hydrogen) atoms. The molecular formula is C12H23N3O4S. The first-order valence-electron chi connectivity index (χ1n) is 7.22. The van der Waals surface area contributed by atoms with Crippen LogP contribution in [0.3, 0.4) is 0 Å². The largest absolute Gasteiger partial charge is 0.450 e. The normalized spacial score (nSPS) is 22.1. The smallest absolute Gasteiger partial charge is 0.409 e. The molecule has 0 aromatic carbocycles. The van der Waals surface area contributed by atoms with Gasteiger partial charge in [-0.15, -0.1) is 0 Å². The Bertz CT molecular complexity index is 426. The number of amides is 1. The Balaban J connectivity index is 1.80. The van der Waals surface area contributed by atoms with E-state index in [1.54, 1.807) is 11.8 Å². The van der Waals surface area contributed by atoms with E-state index in [1.807, 2.05) is 0 Å². The maximum atomic E-state index is 12.1. The Morgan fingerprint density at radius 3 is 2.35 bits per heavy atom. The van der Waals surface area contributed by atoms with Crippen molar-refractivity contribution in [2.75, 3.05) is 32.8 Å². The summed E-state index contributed by atoms with van der Waals surface area (Å²) >= 11 is 0. The molecule has 1 amide bonds. The number of carbonyl (C=O) groups excluding carboxylic acids is 1. The zero-order valence-electron chi connectivity index (χ0n) is 11.9. The van der Waals surface area contributed by atoms with Crippen LogP contribution in [0, 0.1) is 0 Å². The number of piperidine rings is 1. The Morgan fingerprint density at radius 1 is 1.20 bits per heavy atom. The summed E-state index contributed by atoms with van der Waals surface area (Å²) in [6.07, 6.45) is 2.82. The molecule has 2 saturated heterocycles. The molecule has 116 valence electrons. The fraction of sp³-hybridized carbons (Fsp3) is 0.917. The predicted molar refractivity (Wildman–Crippen MR) is 74.5 cm³/mol. The summed E-state index contributed by atoms with van der Waals surface area (Å²) < 4.78 is 33.4. The van der Waals surface area contributed by atoms with Crippen molar-refractivity contribution in [2.24, 2.45) is 0 Å². The van der Waals surface area contributed by atoms with Gasteiger partial charge in [-0.25, -0.2) is 4.79 Å². The van der Waals surface area contributed by atoms with E-state index in [0.717, 1.165) is 12.8 Å². The van der Waals surface area contributed by atoms with Crippen LogP contribution in [0.25, 0.3) is 0 Å². The molecule has 0 bridgehead atoms. The highest BCUT2D eigenvalue weighted by molar-refractivity contribution is 7.87. The van der Waals surface area contributed by atoms with Crippen LogP contribution in [0.15, 0.2) is 0 Å². The lowest BCUT2D eigenvalue weighted by Gasteiger charge is -2.32. The minimum absolute atomic E-state index is 0.0914. The van der Waals surface area contributed by atoms with E-state index in [4.69, 9.17) is 4.74 Å². The maximum Gasteiger partial charge on any atom is 0.409 e. The van der Waals surface area contributed by atoms with E-state index in [2.05, 4.69) is 4.72 Å². The van der Waals surface area contributed by atoms with Crippen molar-refractivity contribution >= 4 is 16.3 Å². The number of nitrogens with zero attached hydrogens (tertiary/aromatic N) is 2. The molecule has 2 rings (SSSR count). The number of nitrogens with one attached hydrogen (secondary N) is 1. The molecule has 0 aromatic heterocycles. The van der Waals surface area contributed by atoms with Gasteiger partial charge >= 0.3 is 6.09 Å². The van der Waals surface area contributed by atoms with Crippen LogP contribution in [0.2, 0.25) is 0 Å². The first-order chi connectivity index (χ1) is 9.53. The Labute approximate surface area is 120 Å². The molecule has 2 fully saturated rings. The van der Waals surface area contributed by atoms with Gasteiger partial charge in [0.15, 0.2) is 0 Å². The highest BCUT2D eigenvalue weighted by Crippen LogP contribution is 2.16. The molecule has 0 unspecified atom stereocenters. The minimum Gasteiger partial charge on any atom is -0.450 e. The monoisotopic (exact) mass is 305 g/mol. The summed E-state index contributed by atoms with van der Waals surface area (Å²) in [6.45, 7) is 4.42. The predicted octanol–water partition coefficient (Wildman–Crippen LogP) is 0.538. The Hall–Kier alpha value is -0.860. The molecule has 0 radical (unpaired) electrons. The molecule has 7 nitrogen and oxygen atoms in total. The van der Waals surface area contributed by atoms with Gasteiger partial charge in [0, 0.05) is 32.2 Å². The number of hydrogen-bond donors (Lipinski definition) is 1. The average molecular weight is 305 g/mol. The Kier molecular flexibility index (Phi) is 5.22. The van der Waals surface area contributed by atoms with Gasteiger partial charge in [0.25, 0.3) is 10.2 Å². The molecule has 0 aromatic rings. The molecule has 0 aliphatic carbocycles. The Morgan fingerprint density at radius 2 is 1.80 bits per heavy atom. The standard InChI is InChI=1S/C12H23N3O4S/c1-2-19-12(16)14-9-5-11(6-10-14)13-20(17,18)15-7-3-4-8-15/h11,13H,2-10H2,1H3. The fourth-order valence-corrected chi connectivity index (χ4v) is 4.15. The summed E-state index contributed by atoms with van der Waals surface area (Å²) in [4.78, 5) is 13.2. The molecule has 1 N–H and O–H groups in total. The van der Waals surface area contributed by atoms with Crippen LogP contribution in [0.4, 0.5) is 4.79 Å². The lowest BCUT2D eigenvalue weighted by molar-refractivity contribution is 0.0965. The van der Waals surface area contributed by atoms with E-state index < -0.39 is 10.2 Å². The van der Waals surface area contributed by atoms with Gasteiger partial charge in [-0.2, -0.15) is 17.4 Å². The van der Waals surface area contributed by atoms with Crippen molar-refractivity contribution in [1.82, 2.24) is 13.9 Å². The fourth-order valence-electron chi connectivity index (χ4n) is 2.61.